The molecule has 0 aliphatic rings. The molecule has 128 valence electrons. The van der Waals surface area contributed by atoms with Crippen molar-refractivity contribution in [2.24, 2.45) is 11.0 Å². The highest BCUT2D eigenvalue weighted by atomic mass is 79.9. The summed E-state index contributed by atoms with van der Waals surface area (Å²) in [6.07, 6.45) is 1.44. The number of hydrazone groups is 1. The summed E-state index contributed by atoms with van der Waals surface area (Å²) in [7, 11) is -3.68. The fourth-order valence-electron chi connectivity index (χ4n) is 1.78. The van der Waals surface area contributed by atoms with E-state index in [1.165, 1.54) is 18.3 Å². The first kappa shape index (κ1) is 18.5. The Labute approximate surface area is 150 Å². The minimum absolute atomic E-state index is 0.150. The molecule has 2 aromatic rings. The summed E-state index contributed by atoms with van der Waals surface area (Å²) >= 11 is 3.27. The zero-order chi connectivity index (χ0) is 17.6. The molecule has 0 saturated carbocycles. The van der Waals surface area contributed by atoms with E-state index in [1.54, 1.807) is 18.2 Å². The first-order valence-electron chi connectivity index (χ1n) is 7.40. The van der Waals surface area contributed by atoms with Gasteiger partial charge >= 0.3 is 0 Å². The van der Waals surface area contributed by atoms with Crippen LogP contribution in [-0.4, -0.2) is 21.2 Å². The lowest BCUT2D eigenvalue weighted by molar-refractivity contribution is 0.271. The van der Waals surface area contributed by atoms with Crippen LogP contribution in [0.5, 0.6) is 5.75 Å². The number of nitrogens with zero attached hydrogens (tertiary/aromatic N) is 1. The highest BCUT2D eigenvalue weighted by molar-refractivity contribution is 9.10. The van der Waals surface area contributed by atoms with Crippen molar-refractivity contribution in [2.45, 2.75) is 18.7 Å². The molecule has 0 radical (unpaired) electrons. The van der Waals surface area contributed by atoms with Crippen LogP contribution in [0.2, 0.25) is 0 Å². The van der Waals surface area contributed by atoms with Crippen molar-refractivity contribution in [3.05, 3.63) is 58.6 Å². The van der Waals surface area contributed by atoms with E-state index >= 15 is 0 Å². The number of rotatable bonds is 7. The molecular formula is C17H19BrN2O3S. The Morgan fingerprint density at radius 3 is 2.58 bits per heavy atom. The van der Waals surface area contributed by atoms with Crippen LogP contribution < -0.4 is 9.57 Å². The summed E-state index contributed by atoms with van der Waals surface area (Å²) in [4.78, 5) is 2.35. The molecular weight excluding hydrogens is 392 g/mol. The molecule has 0 aromatic heterocycles. The Balaban J connectivity index is 2.03. The second kappa shape index (κ2) is 8.30. The van der Waals surface area contributed by atoms with Crippen molar-refractivity contribution in [3.8, 4) is 5.75 Å². The van der Waals surface area contributed by atoms with E-state index in [0.29, 0.717) is 12.5 Å². The van der Waals surface area contributed by atoms with Gasteiger partial charge in [0.15, 0.2) is 0 Å². The van der Waals surface area contributed by atoms with Gasteiger partial charge in [-0.05, 0) is 47.9 Å². The van der Waals surface area contributed by atoms with Gasteiger partial charge in [0.2, 0.25) is 0 Å². The van der Waals surface area contributed by atoms with E-state index in [1.807, 2.05) is 18.2 Å². The maximum atomic E-state index is 12.1. The predicted molar refractivity (Wildman–Crippen MR) is 98.8 cm³/mol. The Morgan fingerprint density at radius 2 is 1.92 bits per heavy atom. The Morgan fingerprint density at radius 1 is 1.21 bits per heavy atom. The number of nitrogens with one attached hydrogen (secondary N) is 1. The van der Waals surface area contributed by atoms with Crippen molar-refractivity contribution in [1.29, 1.82) is 0 Å². The average Bonchev–Trinajstić information content (AvgIpc) is 2.53. The van der Waals surface area contributed by atoms with E-state index < -0.39 is 10.0 Å². The smallest absolute Gasteiger partial charge is 0.276 e. The van der Waals surface area contributed by atoms with Gasteiger partial charge in [0.25, 0.3) is 10.0 Å². The van der Waals surface area contributed by atoms with Gasteiger partial charge in [-0.2, -0.15) is 13.5 Å². The quantitative estimate of drug-likeness (QED) is 0.557. The van der Waals surface area contributed by atoms with Crippen LogP contribution >= 0.6 is 15.9 Å². The van der Waals surface area contributed by atoms with Crippen LogP contribution in [0.4, 0.5) is 0 Å². The third kappa shape index (κ3) is 5.65. The molecule has 0 aliphatic heterocycles. The standard InChI is InChI=1S/C17H19BrN2O3S/c1-13(2)12-23-16-5-3-4-14(10-16)11-19-20-24(21,22)17-8-6-15(18)7-9-17/h3-11,13,20H,12H2,1-2H3/b19-11+. The molecule has 1 N–H and O–H groups in total. The molecule has 0 saturated heterocycles. The van der Waals surface area contributed by atoms with Crippen LogP contribution in [0.15, 0.2) is 63.0 Å². The number of ether oxygens (including phenoxy) is 1. The maximum absolute atomic E-state index is 12.1. The van der Waals surface area contributed by atoms with Gasteiger partial charge in [0, 0.05) is 4.47 Å². The first-order chi connectivity index (χ1) is 11.4. The number of hydrogen-bond acceptors (Lipinski definition) is 4. The summed E-state index contributed by atoms with van der Waals surface area (Å²) in [5, 5.41) is 3.82. The van der Waals surface area contributed by atoms with E-state index in [4.69, 9.17) is 4.74 Å². The Hall–Kier alpha value is -1.86. The molecule has 0 spiro atoms. The minimum Gasteiger partial charge on any atom is -0.493 e. The number of sulfonamides is 1. The number of halogens is 1. The molecule has 0 unspecified atom stereocenters. The zero-order valence-corrected chi connectivity index (χ0v) is 15.8. The lowest BCUT2D eigenvalue weighted by atomic mass is 10.2. The molecule has 5 nitrogen and oxygen atoms in total. The van der Waals surface area contributed by atoms with Gasteiger partial charge in [-0.3, -0.25) is 0 Å². The van der Waals surface area contributed by atoms with E-state index in [0.717, 1.165) is 15.8 Å². The lowest BCUT2D eigenvalue weighted by Gasteiger charge is -2.08. The zero-order valence-electron chi connectivity index (χ0n) is 13.4. The molecule has 2 rings (SSSR count). The van der Waals surface area contributed by atoms with Crippen LogP contribution in [0.1, 0.15) is 19.4 Å². The molecule has 0 bridgehead atoms. The normalized spacial score (nSPS) is 11.8. The van der Waals surface area contributed by atoms with Crippen molar-refractivity contribution in [3.63, 3.8) is 0 Å². The summed E-state index contributed by atoms with van der Waals surface area (Å²) in [6.45, 7) is 4.77. The van der Waals surface area contributed by atoms with Gasteiger partial charge in [-0.15, -0.1) is 0 Å². The van der Waals surface area contributed by atoms with Crippen LogP contribution in [0.3, 0.4) is 0 Å². The summed E-state index contributed by atoms with van der Waals surface area (Å²) < 4.78 is 30.7. The van der Waals surface area contributed by atoms with Crippen LogP contribution in [0, 0.1) is 5.92 Å². The molecule has 7 heteroatoms. The SMILES string of the molecule is CC(C)COc1cccc(/C=N/NS(=O)(=O)c2ccc(Br)cc2)c1. The first-order valence-corrected chi connectivity index (χ1v) is 9.68. The molecule has 2 aromatic carbocycles. The van der Waals surface area contributed by atoms with Gasteiger partial charge in [0.05, 0.1) is 17.7 Å². The molecule has 0 atom stereocenters. The summed E-state index contributed by atoms with van der Waals surface area (Å²) in [5.74, 6) is 1.16. The third-order valence-corrected chi connectivity index (χ3v) is 4.72. The highest BCUT2D eigenvalue weighted by Crippen LogP contribution is 2.15. The monoisotopic (exact) mass is 410 g/mol. The predicted octanol–water partition coefficient (Wildman–Crippen LogP) is 3.80. The van der Waals surface area contributed by atoms with Gasteiger partial charge in [0.1, 0.15) is 5.75 Å². The van der Waals surface area contributed by atoms with Crippen LogP contribution in [-0.2, 0) is 10.0 Å². The molecule has 24 heavy (non-hydrogen) atoms. The highest BCUT2D eigenvalue weighted by Gasteiger charge is 2.11. The second-order valence-electron chi connectivity index (χ2n) is 5.58. The summed E-state index contributed by atoms with van der Waals surface area (Å²) in [5.41, 5.74) is 0.745. The second-order valence-corrected chi connectivity index (χ2v) is 8.16. The van der Waals surface area contributed by atoms with Crippen molar-refractivity contribution in [1.82, 2.24) is 4.83 Å². The van der Waals surface area contributed by atoms with E-state index in [-0.39, 0.29) is 4.90 Å². The molecule has 0 heterocycles. The van der Waals surface area contributed by atoms with Crippen molar-refractivity contribution >= 4 is 32.2 Å². The minimum atomic E-state index is -3.68. The van der Waals surface area contributed by atoms with Crippen LogP contribution in [0.25, 0.3) is 0 Å². The van der Waals surface area contributed by atoms with Crippen molar-refractivity contribution < 1.29 is 13.2 Å². The van der Waals surface area contributed by atoms with Gasteiger partial charge in [-0.1, -0.05) is 41.9 Å². The number of benzene rings is 2. The van der Waals surface area contributed by atoms with Gasteiger partial charge in [-0.25, -0.2) is 4.83 Å². The fraction of sp³-hybridized carbons (Fsp3) is 0.235. The maximum Gasteiger partial charge on any atom is 0.276 e. The fourth-order valence-corrected chi connectivity index (χ4v) is 2.84. The van der Waals surface area contributed by atoms with Gasteiger partial charge < -0.3 is 4.74 Å². The summed E-state index contributed by atoms with van der Waals surface area (Å²) in [6, 6.07) is 13.6. The average molecular weight is 411 g/mol. The Kier molecular flexibility index (Phi) is 6.39. The topological polar surface area (TPSA) is 67.8 Å². The third-order valence-electron chi connectivity index (χ3n) is 2.95. The largest absolute Gasteiger partial charge is 0.493 e. The Bertz CT molecular complexity index is 803. The number of hydrogen-bond donors (Lipinski definition) is 1. The lowest BCUT2D eigenvalue weighted by Crippen LogP contribution is -2.18. The van der Waals surface area contributed by atoms with Crippen molar-refractivity contribution in [2.75, 3.05) is 6.61 Å². The van der Waals surface area contributed by atoms with E-state index in [2.05, 4.69) is 39.7 Å². The molecule has 0 fully saturated rings. The van der Waals surface area contributed by atoms with E-state index in [9.17, 15) is 8.42 Å². The molecule has 0 aliphatic carbocycles. The molecule has 0 amide bonds.